The number of halogens is 1. The van der Waals surface area contributed by atoms with Gasteiger partial charge < -0.3 is 0 Å². The van der Waals surface area contributed by atoms with Crippen molar-refractivity contribution in [3.8, 4) is 6.07 Å². The van der Waals surface area contributed by atoms with Gasteiger partial charge in [0.25, 0.3) is 0 Å². The Morgan fingerprint density at radius 3 is 2.75 bits per heavy atom. The molecule has 1 aromatic heterocycles. The van der Waals surface area contributed by atoms with Crippen LogP contribution in [0.1, 0.15) is 4.88 Å². The van der Waals surface area contributed by atoms with Crippen LogP contribution < -0.4 is 0 Å². The lowest BCUT2D eigenvalue weighted by Crippen LogP contribution is -1.73. The average molecular weight is 244 g/mol. The number of nitriles is 1. The highest BCUT2D eigenvalue weighted by Crippen LogP contribution is 2.39. The van der Waals surface area contributed by atoms with E-state index < -0.39 is 0 Å². The van der Waals surface area contributed by atoms with Gasteiger partial charge in [0, 0.05) is 10.1 Å². The predicted molar refractivity (Wildman–Crippen MR) is 69.1 cm³/mol. The molecule has 16 heavy (non-hydrogen) atoms. The minimum absolute atomic E-state index is 0.583. The average Bonchev–Trinajstić information content (AvgIpc) is 2.66. The molecule has 0 unspecified atom stereocenters. The third-order valence-corrected chi connectivity index (χ3v) is 4.17. The standard InChI is InChI=1S/C13H6ClNS/c14-13-11(7-15)16-10-6-5-8-3-1-2-4-9(8)12(10)13/h1-6H. The van der Waals surface area contributed by atoms with Crippen LogP contribution in [0, 0.1) is 11.3 Å². The summed E-state index contributed by atoms with van der Waals surface area (Å²) in [5.41, 5.74) is 0. The van der Waals surface area contributed by atoms with Crippen molar-refractivity contribution in [2.45, 2.75) is 0 Å². The number of hydrogen-bond acceptors (Lipinski definition) is 2. The van der Waals surface area contributed by atoms with Gasteiger partial charge >= 0.3 is 0 Å². The van der Waals surface area contributed by atoms with Crippen LogP contribution in [0.2, 0.25) is 5.02 Å². The zero-order chi connectivity index (χ0) is 11.1. The molecule has 3 aromatic rings. The monoisotopic (exact) mass is 243 g/mol. The quantitative estimate of drug-likeness (QED) is 0.567. The van der Waals surface area contributed by atoms with Crippen molar-refractivity contribution in [3.05, 3.63) is 46.3 Å². The molecule has 0 radical (unpaired) electrons. The molecule has 0 aliphatic carbocycles. The van der Waals surface area contributed by atoms with Gasteiger partial charge in [-0.1, -0.05) is 41.9 Å². The summed E-state index contributed by atoms with van der Waals surface area (Å²) in [6.07, 6.45) is 0. The second-order valence-electron chi connectivity index (χ2n) is 3.52. The van der Waals surface area contributed by atoms with Crippen LogP contribution in [-0.2, 0) is 0 Å². The SMILES string of the molecule is N#Cc1sc2ccc3ccccc3c2c1Cl. The molecule has 0 amide bonds. The maximum atomic E-state index is 8.97. The summed E-state index contributed by atoms with van der Waals surface area (Å²) in [5.74, 6) is 0. The molecule has 0 aliphatic rings. The third-order valence-electron chi connectivity index (χ3n) is 2.62. The second kappa shape index (κ2) is 3.48. The van der Waals surface area contributed by atoms with Crippen molar-refractivity contribution in [2.75, 3.05) is 0 Å². The molecule has 0 N–H and O–H groups in total. The number of nitrogens with zero attached hydrogens (tertiary/aromatic N) is 1. The van der Waals surface area contributed by atoms with Crippen LogP contribution in [0.15, 0.2) is 36.4 Å². The molecule has 3 heteroatoms. The van der Waals surface area contributed by atoms with Gasteiger partial charge in [-0.05, 0) is 16.8 Å². The first kappa shape index (κ1) is 9.65. The first-order chi connectivity index (χ1) is 7.81. The Morgan fingerprint density at radius 1 is 1.12 bits per heavy atom. The molecule has 76 valence electrons. The molecule has 0 saturated heterocycles. The maximum absolute atomic E-state index is 8.97. The summed E-state index contributed by atoms with van der Waals surface area (Å²) < 4.78 is 1.07. The fourth-order valence-corrected chi connectivity index (χ4v) is 3.23. The van der Waals surface area contributed by atoms with Crippen molar-refractivity contribution in [1.82, 2.24) is 0 Å². The minimum Gasteiger partial charge on any atom is -0.191 e. The van der Waals surface area contributed by atoms with E-state index in [-0.39, 0.29) is 0 Å². The molecule has 0 saturated carbocycles. The van der Waals surface area contributed by atoms with Crippen molar-refractivity contribution < 1.29 is 0 Å². The van der Waals surface area contributed by atoms with Crippen molar-refractivity contribution in [1.29, 1.82) is 5.26 Å². The number of benzene rings is 2. The lowest BCUT2D eigenvalue weighted by molar-refractivity contribution is 1.52. The van der Waals surface area contributed by atoms with E-state index in [2.05, 4.69) is 18.2 Å². The molecular formula is C13H6ClNS. The minimum atomic E-state index is 0.583. The van der Waals surface area contributed by atoms with E-state index in [9.17, 15) is 0 Å². The molecule has 2 aromatic carbocycles. The zero-order valence-electron chi connectivity index (χ0n) is 8.20. The van der Waals surface area contributed by atoms with Gasteiger partial charge in [0.1, 0.15) is 10.9 Å². The highest BCUT2D eigenvalue weighted by Gasteiger charge is 2.12. The Hall–Kier alpha value is -1.56. The van der Waals surface area contributed by atoms with Gasteiger partial charge in [-0.25, -0.2) is 0 Å². The topological polar surface area (TPSA) is 23.8 Å². The van der Waals surface area contributed by atoms with Crippen LogP contribution in [0.25, 0.3) is 20.9 Å². The highest BCUT2D eigenvalue weighted by atomic mass is 35.5. The largest absolute Gasteiger partial charge is 0.191 e. The van der Waals surface area contributed by atoms with Gasteiger partial charge in [0.05, 0.1) is 5.02 Å². The maximum Gasteiger partial charge on any atom is 0.124 e. The Bertz CT molecular complexity index is 737. The Labute approximate surface area is 101 Å². The zero-order valence-corrected chi connectivity index (χ0v) is 9.77. The fourth-order valence-electron chi connectivity index (χ4n) is 1.90. The van der Waals surface area contributed by atoms with E-state index in [1.54, 1.807) is 0 Å². The highest BCUT2D eigenvalue weighted by molar-refractivity contribution is 7.20. The van der Waals surface area contributed by atoms with Crippen LogP contribution in [-0.4, -0.2) is 0 Å². The number of rotatable bonds is 0. The molecule has 0 aliphatic heterocycles. The molecule has 0 spiro atoms. The molecule has 1 nitrogen and oxygen atoms in total. The Morgan fingerprint density at radius 2 is 1.94 bits per heavy atom. The second-order valence-corrected chi connectivity index (χ2v) is 4.95. The molecular weight excluding hydrogens is 238 g/mol. The van der Waals surface area contributed by atoms with Crippen LogP contribution >= 0.6 is 22.9 Å². The Balaban J connectivity index is 2.60. The van der Waals surface area contributed by atoms with Gasteiger partial charge in [0.15, 0.2) is 0 Å². The number of fused-ring (bicyclic) bond motifs is 3. The lowest BCUT2D eigenvalue weighted by atomic mass is 10.1. The predicted octanol–water partition coefficient (Wildman–Crippen LogP) is 4.58. The number of hydrogen-bond donors (Lipinski definition) is 0. The van der Waals surface area contributed by atoms with E-state index in [4.69, 9.17) is 16.9 Å². The summed E-state index contributed by atoms with van der Waals surface area (Å²) in [5, 5.41) is 12.8. The van der Waals surface area contributed by atoms with Crippen LogP contribution in [0.4, 0.5) is 0 Å². The van der Waals surface area contributed by atoms with E-state index in [0.29, 0.717) is 9.90 Å². The normalized spacial score (nSPS) is 10.8. The van der Waals surface area contributed by atoms with Crippen molar-refractivity contribution >= 4 is 43.8 Å². The summed E-state index contributed by atoms with van der Waals surface area (Å²) in [6.45, 7) is 0. The summed E-state index contributed by atoms with van der Waals surface area (Å²) >= 11 is 7.67. The van der Waals surface area contributed by atoms with Gasteiger partial charge in [-0.15, -0.1) is 11.3 Å². The molecule has 3 rings (SSSR count). The summed E-state index contributed by atoms with van der Waals surface area (Å²) in [4.78, 5) is 0.591. The van der Waals surface area contributed by atoms with Crippen molar-refractivity contribution in [2.24, 2.45) is 0 Å². The first-order valence-corrected chi connectivity index (χ1v) is 6.00. The van der Waals surface area contributed by atoms with Gasteiger partial charge in [-0.3, -0.25) is 0 Å². The number of thiophene rings is 1. The van der Waals surface area contributed by atoms with E-state index in [1.165, 1.54) is 11.3 Å². The van der Waals surface area contributed by atoms with E-state index in [0.717, 1.165) is 20.9 Å². The molecule has 1 heterocycles. The summed E-state index contributed by atoms with van der Waals surface area (Å²) in [6, 6.07) is 14.3. The molecule has 0 bridgehead atoms. The van der Waals surface area contributed by atoms with Crippen molar-refractivity contribution in [3.63, 3.8) is 0 Å². The third kappa shape index (κ3) is 1.23. The van der Waals surface area contributed by atoms with Crippen LogP contribution in [0.3, 0.4) is 0 Å². The van der Waals surface area contributed by atoms with Gasteiger partial charge in [0.2, 0.25) is 0 Å². The van der Waals surface area contributed by atoms with E-state index >= 15 is 0 Å². The lowest BCUT2D eigenvalue weighted by Gasteiger charge is -1.99. The van der Waals surface area contributed by atoms with Gasteiger partial charge in [-0.2, -0.15) is 5.26 Å². The molecule has 0 atom stereocenters. The van der Waals surface area contributed by atoms with Crippen LogP contribution in [0.5, 0.6) is 0 Å². The molecule has 0 fully saturated rings. The fraction of sp³-hybridized carbons (Fsp3) is 0. The summed E-state index contributed by atoms with van der Waals surface area (Å²) in [7, 11) is 0. The Kier molecular flexibility index (Phi) is 2.10. The first-order valence-electron chi connectivity index (χ1n) is 4.81. The smallest absolute Gasteiger partial charge is 0.124 e. The van der Waals surface area contributed by atoms with E-state index in [1.807, 2.05) is 24.3 Å².